The second kappa shape index (κ2) is 5.36. The molecule has 2 aromatic rings. The number of ether oxygens (including phenoxy) is 1. The van der Waals surface area contributed by atoms with E-state index in [0.29, 0.717) is 10.8 Å². The Morgan fingerprint density at radius 1 is 1.33 bits per heavy atom. The van der Waals surface area contributed by atoms with Gasteiger partial charge in [0.2, 0.25) is 0 Å². The summed E-state index contributed by atoms with van der Waals surface area (Å²) < 4.78 is 5.84. The number of hydrogen-bond acceptors (Lipinski definition) is 3. The summed E-state index contributed by atoms with van der Waals surface area (Å²) in [4.78, 5) is 12.1. The molecule has 2 nitrogen and oxygen atoms in total. The first-order chi connectivity index (χ1) is 8.60. The number of thiophene rings is 1. The lowest BCUT2D eigenvalue weighted by Crippen LogP contribution is -1.96. The number of esters is 1. The van der Waals surface area contributed by atoms with Crippen molar-refractivity contribution in [1.82, 2.24) is 0 Å². The van der Waals surface area contributed by atoms with Crippen LogP contribution in [0.2, 0.25) is 0 Å². The highest BCUT2D eigenvalue weighted by atomic mass is 32.1. The summed E-state index contributed by atoms with van der Waals surface area (Å²) in [6.45, 7) is 4.30. The molecule has 0 spiro atoms. The average Bonchev–Trinajstić information content (AvgIpc) is 2.78. The lowest BCUT2D eigenvalue weighted by molar-refractivity contribution is 0.0606. The third-order valence-corrected chi connectivity index (χ3v) is 3.70. The van der Waals surface area contributed by atoms with Gasteiger partial charge in [-0.15, -0.1) is 11.3 Å². The third-order valence-electron chi connectivity index (χ3n) is 2.60. The van der Waals surface area contributed by atoms with E-state index in [2.05, 4.69) is 38.1 Å². The monoisotopic (exact) mass is 260 g/mol. The van der Waals surface area contributed by atoms with Crippen LogP contribution in [-0.2, 0) is 4.74 Å². The second-order valence-corrected chi connectivity index (χ2v) is 5.59. The third kappa shape index (κ3) is 2.79. The molecule has 0 radical (unpaired) electrons. The molecule has 18 heavy (non-hydrogen) atoms. The number of carbonyl (C=O) groups excluding carboxylic acids is 1. The Labute approximate surface area is 111 Å². The number of methoxy groups -OCH3 is 1. The minimum absolute atomic E-state index is 0.268. The Balaban J connectivity index is 2.36. The van der Waals surface area contributed by atoms with Gasteiger partial charge in [-0.1, -0.05) is 32.1 Å². The van der Waals surface area contributed by atoms with E-state index >= 15 is 0 Å². The van der Waals surface area contributed by atoms with Gasteiger partial charge in [0, 0.05) is 4.70 Å². The topological polar surface area (TPSA) is 26.3 Å². The molecule has 2 rings (SSSR count). The van der Waals surface area contributed by atoms with Crippen molar-refractivity contribution >= 4 is 33.5 Å². The van der Waals surface area contributed by atoms with Crippen LogP contribution in [0, 0.1) is 5.92 Å². The van der Waals surface area contributed by atoms with Crippen LogP contribution < -0.4 is 0 Å². The second-order valence-electron chi connectivity index (χ2n) is 4.50. The summed E-state index contributed by atoms with van der Waals surface area (Å²) in [6, 6.07) is 8.10. The first kappa shape index (κ1) is 12.8. The van der Waals surface area contributed by atoms with Crippen LogP contribution in [-0.4, -0.2) is 13.1 Å². The van der Waals surface area contributed by atoms with Crippen molar-refractivity contribution in [3.63, 3.8) is 0 Å². The number of hydrogen-bond donors (Lipinski definition) is 0. The van der Waals surface area contributed by atoms with Gasteiger partial charge in [-0.3, -0.25) is 0 Å². The van der Waals surface area contributed by atoms with Gasteiger partial charge < -0.3 is 4.74 Å². The molecular formula is C15H16O2S. The summed E-state index contributed by atoms with van der Waals surface area (Å²) in [6.07, 6.45) is 4.27. The number of benzene rings is 1. The average molecular weight is 260 g/mol. The van der Waals surface area contributed by atoms with E-state index in [-0.39, 0.29) is 5.97 Å². The zero-order valence-corrected chi connectivity index (χ0v) is 11.6. The van der Waals surface area contributed by atoms with E-state index in [9.17, 15) is 4.79 Å². The van der Waals surface area contributed by atoms with Crippen molar-refractivity contribution in [3.8, 4) is 0 Å². The lowest BCUT2D eigenvalue weighted by atomic mass is 10.1. The minimum Gasteiger partial charge on any atom is -0.465 e. The molecule has 0 atom stereocenters. The molecule has 0 bridgehead atoms. The molecule has 0 saturated carbocycles. The highest BCUT2D eigenvalue weighted by Gasteiger charge is 2.09. The molecule has 0 unspecified atom stereocenters. The summed E-state index contributed by atoms with van der Waals surface area (Å²) in [7, 11) is 1.41. The molecule has 0 aliphatic rings. The van der Waals surface area contributed by atoms with Crippen molar-refractivity contribution in [2.24, 2.45) is 5.92 Å². The van der Waals surface area contributed by atoms with Gasteiger partial charge in [0.25, 0.3) is 0 Å². The number of fused-ring (bicyclic) bond motifs is 1. The van der Waals surface area contributed by atoms with Crippen LogP contribution in [0.3, 0.4) is 0 Å². The molecule has 3 heteroatoms. The van der Waals surface area contributed by atoms with Crippen molar-refractivity contribution < 1.29 is 9.53 Å². The van der Waals surface area contributed by atoms with E-state index in [4.69, 9.17) is 4.74 Å². The highest BCUT2D eigenvalue weighted by molar-refractivity contribution is 7.20. The molecule has 1 heterocycles. The first-order valence-corrected chi connectivity index (χ1v) is 6.72. The molecule has 0 N–H and O–H groups in total. The van der Waals surface area contributed by atoms with Crippen LogP contribution in [0.25, 0.3) is 16.2 Å². The summed E-state index contributed by atoms with van der Waals surface area (Å²) in [5, 5.41) is 1.09. The smallest absolute Gasteiger partial charge is 0.348 e. The van der Waals surface area contributed by atoms with Crippen molar-refractivity contribution in [1.29, 1.82) is 0 Å². The number of rotatable bonds is 3. The molecular weight excluding hydrogens is 244 g/mol. The molecule has 0 fully saturated rings. The maximum absolute atomic E-state index is 11.5. The van der Waals surface area contributed by atoms with Gasteiger partial charge in [0.1, 0.15) is 4.88 Å². The largest absolute Gasteiger partial charge is 0.465 e. The molecule has 94 valence electrons. The Bertz CT molecular complexity index is 594. The Morgan fingerprint density at radius 3 is 2.78 bits per heavy atom. The summed E-state index contributed by atoms with van der Waals surface area (Å²) >= 11 is 1.46. The van der Waals surface area contributed by atoms with Crippen molar-refractivity contribution in [2.45, 2.75) is 13.8 Å². The first-order valence-electron chi connectivity index (χ1n) is 5.90. The quantitative estimate of drug-likeness (QED) is 0.767. The van der Waals surface area contributed by atoms with Gasteiger partial charge >= 0.3 is 5.97 Å². The van der Waals surface area contributed by atoms with E-state index < -0.39 is 0 Å². The standard InChI is InChI=1S/C15H16O2S/c1-10(2)4-5-11-6-7-13-12(8-11)9-14(18-13)15(16)17-3/h4-10H,1-3H3/b5-4+. The normalized spacial score (nSPS) is 11.6. The Kier molecular flexibility index (Phi) is 3.82. The molecule has 1 aromatic heterocycles. The van der Waals surface area contributed by atoms with Gasteiger partial charge in [-0.25, -0.2) is 4.79 Å². The fourth-order valence-electron chi connectivity index (χ4n) is 1.67. The van der Waals surface area contributed by atoms with E-state index in [0.717, 1.165) is 15.6 Å². The molecule has 0 saturated heterocycles. The van der Waals surface area contributed by atoms with Crippen molar-refractivity contribution in [2.75, 3.05) is 7.11 Å². The summed E-state index contributed by atoms with van der Waals surface area (Å²) in [5.74, 6) is 0.268. The van der Waals surface area contributed by atoms with Crippen molar-refractivity contribution in [3.05, 3.63) is 40.8 Å². The van der Waals surface area contributed by atoms with Gasteiger partial charge in [-0.05, 0) is 35.1 Å². The van der Waals surface area contributed by atoms with Crippen LogP contribution in [0.1, 0.15) is 29.1 Å². The maximum atomic E-state index is 11.5. The van der Waals surface area contributed by atoms with Gasteiger partial charge in [-0.2, -0.15) is 0 Å². The number of allylic oxidation sites excluding steroid dienone is 1. The maximum Gasteiger partial charge on any atom is 0.348 e. The van der Waals surface area contributed by atoms with E-state index in [1.54, 1.807) is 0 Å². The fraction of sp³-hybridized carbons (Fsp3) is 0.267. The minimum atomic E-state index is -0.268. The molecule has 1 aromatic carbocycles. The molecule has 0 aliphatic heterocycles. The van der Waals surface area contributed by atoms with Gasteiger partial charge in [0.15, 0.2) is 0 Å². The van der Waals surface area contributed by atoms with E-state index in [1.165, 1.54) is 18.4 Å². The predicted octanol–water partition coefficient (Wildman–Crippen LogP) is 4.36. The zero-order valence-electron chi connectivity index (χ0n) is 10.8. The number of carbonyl (C=O) groups is 1. The SMILES string of the molecule is COC(=O)c1cc2cc(/C=C/C(C)C)ccc2s1. The predicted molar refractivity (Wildman–Crippen MR) is 77.0 cm³/mol. The van der Waals surface area contributed by atoms with E-state index in [1.807, 2.05) is 12.1 Å². The lowest BCUT2D eigenvalue weighted by Gasteiger charge is -1.96. The van der Waals surface area contributed by atoms with Gasteiger partial charge in [0.05, 0.1) is 7.11 Å². The fourth-order valence-corrected chi connectivity index (χ4v) is 2.63. The Hall–Kier alpha value is -1.61. The molecule has 0 amide bonds. The van der Waals surface area contributed by atoms with Crippen LogP contribution >= 0.6 is 11.3 Å². The summed E-state index contributed by atoms with van der Waals surface area (Å²) in [5.41, 5.74) is 1.16. The highest BCUT2D eigenvalue weighted by Crippen LogP contribution is 2.27. The van der Waals surface area contributed by atoms with Crippen LogP contribution in [0.5, 0.6) is 0 Å². The van der Waals surface area contributed by atoms with Crippen LogP contribution in [0.15, 0.2) is 30.3 Å². The van der Waals surface area contributed by atoms with Crippen LogP contribution in [0.4, 0.5) is 0 Å². The molecule has 0 aliphatic carbocycles. The Morgan fingerprint density at radius 2 is 2.11 bits per heavy atom. The zero-order chi connectivity index (χ0) is 13.1.